The summed E-state index contributed by atoms with van der Waals surface area (Å²) >= 11 is 0. The molecule has 2 atom stereocenters. The van der Waals surface area contributed by atoms with Crippen LogP contribution in [0.3, 0.4) is 0 Å². The Bertz CT molecular complexity index is 397. The van der Waals surface area contributed by atoms with Crippen molar-refractivity contribution in [2.45, 2.75) is 18.8 Å². The quantitative estimate of drug-likeness (QED) is 0.749. The van der Waals surface area contributed by atoms with Crippen molar-refractivity contribution in [1.82, 2.24) is 5.32 Å². The fraction of sp³-hybridized carbons (Fsp3) is 0.500. The maximum Gasteiger partial charge on any atom is 0.129 e. The van der Waals surface area contributed by atoms with Crippen LogP contribution in [0.15, 0.2) is 18.2 Å². The van der Waals surface area contributed by atoms with Gasteiger partial charge in [0.1, 0.15) is 11.6 Å². The Hall–Kier alpha value is -0.960. The molecule has 0 bridgehead atoms. The summed E-state index contributed by atoms with van der Waals surface area (Å²) in [5.74, 6) is -0.577. The van der Waals surface area contributed by atoms with Crippen molar-refractivity contribution in [3.05, 3.63) is 35.4 Å². The second-order valence-electron chi connectivity index (χ2n) is 4.71. The van der Waals surface area contributed by atoms with E-state index in [4.69, 9.17) is 0 Å². The van der Waals surface area contributed by atoms with Crippen LogP contribution in [0, 0.1) is 17.0 Å². The maximum atomic E-state index is 13.5. The first-order valence-electron chi connectivity index (χ1n) is 5.37. The fourth-order valence-electron chi connectivity index (χ4n) is 2.81. The summed E-state index contributed by atoms with van der Waals surface area (Å²) in [5.41, 5.74) is 0.971. The Kier molecular flexibility index (Phi) is 1.87. The van der Waals surface area contributed by atoms with Crippen LogP contribution in [-0.2, 0) is 0 Å². The molecule has 1 aliphatic heterocycles. The lowest BCUT2D eigenvalue weighted by Gasteiger charge is -2.08. The summed E-state index contributed by atoms with van der Waals surface area (Å²) in [7, 11) is 0. The second-order valence-corrected chi connectivity index (χ2v) is 4.71. The van der Waals surface area contributed by atoms with Crippen molar-refractivity contribution in [2.24, 2.45) is 5.41 Å². The van der Waals surface area contributed by atoms with Crippen LogP contribution in [0.25, 0.3) is 0 Å². The standard InChI is InChI=1S/C12H13F2N/c13-8-1-2-9(11(14)5-8)10-6-12(10)3-4-15-7-12/h1-2,5,10,15H,3-4,6-7H2/t10-,12?/m1/s1. The third-order valence-electron chi connectivity index (χ3n) is 3.80. The van der Waals surface area contributed by atoms with Gasteiger partial charge in [0, 0.05) is 12.6 Å². The van der Waals surface area contributed by atoms with E-state index in [2.05, 4.69) is 5.32 Å². The minimum Gasteiger partial charge on any atom is -0.316 e. The monoisotopic (exact) mass is 209 g/mol. The zero-order valence-electron chi connectivity index (χ0n) is 8.39. The first kappa shape index (κ1) is 9.28. The van der Waals surface area contributed by atoms with Gasteiger partial charge in [-0.3, -0.25) is 0 Å². The van der Waals surface area contributed by atoms with Crippen LogP contribution < -0.4 is 5.32 Å². The lowest BCUT2D eigenvalue weighted by molar-refractivity contribution is 0.526. The number of benzene rings is 1. The molecule has 1 nitrogen and oxygen atoms in total. The summed E-state index contributed by atoms with van der Waals surface area (Å²) < 4.78 is 26.3. The van der Waals surface area contributed by atoms with Gasteiger partial charge < -0.3 is 5.32 Å². The molecule has 1 N–H and O–H groups in total. The van der Waals surface area contributed by atoms with Crippen LogP contribution in [-0.4, -0.2) is 13.1 Å². The highest BCUT2D eigenvalue weighted by atomic mass is 19.1. The Labute approximate surface area is 87.5 Å². The number of halogens is 2. The molecule has 15 heavy (non-hydrogen) atoms. The summed E-state index contributed by atoms with van der Waals surface area (Å²) in [6, 6.07) is 3.94. The highest BCUT2D eigenvalue weighted by Crippen LogP contribution is 2.62. The van der Waals surface area contributed by atoms with E-state index in [1.807, 2.05) is 0 Å². The third kappa shape index (κ3) is 1.37. The lowest BCUT2D eigenvalue weighted by Crippen LogP contribution is -2.11. The van der Waals surface area contributed by atoms with E-state index in [1.165, 1.54) is 6.07 Å². The van der Waals surface area contributed by atoms with Crippen molar-refractivity contribution >= 4 is 0 Å². The summed E-state index contributed by atoms with van der Waals surface area (Å²) in [6.07, 6.45) is 2.16. The van der Waals surface area contributed by atoms with Crippen molar-refractivity contribution in [3.63, 3.8) is 0 Å². The smallest absolute Gasteiger partial charge is 0.129 e. The maximum absolute atomic E-state index is 13.5. The van der Waals surface area contributed by atoms with Crippen molar-refractivity contribution in [2.75, 3.05) is 13.1 Å². The molecule has 1 aromatic carbocycles. The molecule has 1 heterocycles. The lowest BCUT2D eigenvalue weighted by atomic mass is 9.98. The molecule has 0 amide bonds. The molecule has 1 aromatic rings. The zero-order valence-corrected chi connectivity index (χ0v) is 8.39. The van der Waals surface area contributed by atoms with Crippen LogP contribution in [0.4, 0.5) is 8.78 Å². The van der Waals surface area contributed by atoms with Crippen molar-refractivity contribution < 1.29 is 8.78 Å². The molecule has 1 spiro atoms. The van der Waals surface area contributed by atoms with Gasteiger partial charge in [-0.1, -0.05) is 6.07 Å². The predicted molar refractivity (Wildman–Crippen MR) is 53.6 cm³/mol. The predicted octanol–water partition coefficient (Wildman–Crippen LogP) is 2.43. The zero-order chi connectivity index (χ0) is 10.5. The van der Waals surface area contributed by atoms with Gasteiger partial charge >= 0.3 is 0 Å². The topological polar surface area (TPSA) is 12.0 Å². The fourth-order valence-corrected chi connectivity index (χ4v) is 2.81. The van der Waals surface area contributed by atoms with Crippen LogP contribution in [0.5, 0.6) is 0 Å². The van der Waals surface area contributed by atoms with Crippen molar-refractivity contribution in [3.8, 4) is 0 Å². The van der Waals surface area contributed by atoms with Gasteiger partial charge in [0.2, 0.25) is 0 Å². The first-order chi connectivity index (χ1) is 7.21. The SMILES string of the molecule is Fc1ccc([C@H]2CC23CCNC3)c(F)c1. The van der Waals surface area contributed by atoms with E-state index in [1.54, 1.807) is 6.07 Å². The van der Waals surface area contributed by atoms with E-state index < -0.39 is 5.82 Å². The highest BCUT2D eigenvalue weighted by Gasteiger charge is 2.56. The second kappa shape index (κ2) is 3.01. The minimum atomic E-state index is -0.490. The van der Waals surface area contributed by atoms with Gasteiger partial charge in [0.15, 0.2) is 0 Å². The average Bonchev–Trinajstić information content (AvgIpc) is 2.67. The minimum absolute atomic E-state index is 0.276. The first-order valence-corrected chi connectivity index (χ1v) is 5.37. The van der Waals surface area contributed by atoms with Gasteiger partial charge in [0.05, 0.1) is 0 Å². The van der Waals surface area contributed by atoms with Gasteiger partial charge in [-0.05, 0) is 42.3 Å². The molecule has 3 rings (SSSR count). The van der Waals surface area contributed by atoms with E-state index in [9.17, 15) is 8.78 Å². The van der Waals surface area contributed by atoms with E-state index in [0.29, 0.717) is 11.5 Å². The number of rotatable bonds is 1. The summed E-state index contributed by atoms with van der Waals surface area (Å²) in [4.78, 5) is 0. The largest absolute Gasteiger partial charge is 0.316 e. The molecule has 1 saturated heterocycles. The Balaban J connectivity index is 1.89. The normalized spacial score (nSPS) is 33.6. The molecular formula is C12H13F2N. The molecule has 2 aliphatic rings. The number of hydrogen-bond donors (Lipinski definition) is 1. The van der Waals surface area contributed by atoms with Gasteiger partial charge in [-0.2, -0.15) is 0 Å². The molecule has 80 valence electrons. The third-order valence-corrected chi connectivity index (χ3v) is 3.80. The average molecular weight is 209 g/mol. The molecule has 1 aliphatic carbocycles. The molecular weight excluding hydrogens is 196 g/mol. The van der Waals surface area contributed by atoms with Gasteiger partial charge in [0.25, 0.3) is 0 Å². The van der Waals surface area contributed by atoms with E-state index >= 15 is 0 Å². The molecule has 1 saturated carbocycles. The van der Waals surface area contributed by atoms with E-state index in [-0.39, 0.29) is 11.2 Å². The molecule has 2 fully saturated rings. The van der Waals surface area contributed by atoms with Crippen LogP contribution in [0.1, 0.15) is 24.3 Å². The molecule has 0 aromatic heterocycles. The van der Waals surface area contributed by atoms with Gasteiger partial charge in [-0.25, -0.2) is 8.78 Å². The molecule has 0 radical (unpaired) electrons. The Morgan fingerprint density at radius 2 is 2.20 bits per heavy atom. The Morgan fingerprint density at radius 3 is 2.87 bits per heavy atom. The highest BCUT2D eigenvalue weighted by molar-refractivity contribution is 5.32. The van der Waals surface area contributed by atoms with Crippen LogP contribution >= 0.6 is 0 Å². The van der Waals surface area contributed by atoms with Gasteiger partial charge in [-0.15, -0.1) is 0 Å². The molecule has 3 heteroatoms. The number of nitrogens with one attached hydrogen (secondary N) is 1. The summed E-state index contributed by atoms with van der Waals surface area (Å²) in [6.45, 7) is 2.01. The van der Waals surface area contributed by atoms with Crippen molar-refractivity contribution in [1.29, 1.82) is 0 Å². The molecule has 1 unspecified atom stereocenters. The summed E-state index contributed by atoms with van der Waals surface area (Å²) in [5, 5.41) is 3.31. The Morgan fingerprint density at radius 1 is 1.33 bits per heavy atom. The van der Waals surface area contributed by atoms with Crippen LogP contribution in [0.2, 0.25) is 0 Å². The number of hydrogen-bond acceptors (Lipinski definition) is 1. The van der Waals surface area contributed by atoms with E-state index in [0.717, 1.165) is 32.0 Å².